The van der Waals surface area contributed by atoms with E-state index in [1.807, 2.05) is 0 Å². The molecule has 0 saturated heterocycles. The molecule has 6 heteroatoms. The first-order chi connectivity index (χ1) is 9.17. The summed E-state index contributed by atoms with van der Waals surface area (Å²) in [6.45, 7) is 0.418. The number of carbonyl (C=O) groups excluding carboxylic acids is 1. The molecule has 0 aliphatic heterocycles. The molecule has 0 saturated carbocycles. The molecule has 0 aliphatic rings. The number of benzene rings is 1. The van der Waals surface area contributed by atoms with Crippen LogP contribution < -0.4 is 4.74 Å². The van der Waals surface area contributed by atoms with Crippen molar-refractivity contribution >= 4 is 17.5 Å². The molecule has 0 radical (unpaired) electrons. The van der Waals surface area contributed by atoms with E-state index in [2.05, 4.69) is 0 Å². The van der Waals surface area contributed by atoms with Crippen LogP contribution >= 0.6 is 11.6 Å². The summed E-state index contributed by atoms with van der Waals surface area (Å²) in [6, 6.07) is 6.94. The molecule has 1 amide bonds. The van der Waals surface area contributed by atoms with Crippen LogP contribution in [0.2, 0.25) is 5.02 Å². The molecule has 0 spiro atoms. The van der Waals surface area contributed by atoms with Crippen LogP contribution in [0.5, 0.6) is 5.75 Å². The molecule has 0 unspecified atom stereocenters. The third kappa shape index (κ3) is 5.92. The Kier molecular flexibility index (Phi) is 7.25. The van der Waals surface area contributed by atoms with Crippen LogP contribution in [0.15, 0.2) is 24.3 Å². The third-order valence-electron chi connectivity index (χ3n) is 2.47. The predicted molar refractivity (Wildman–Crippen MR) is 72.3 cm³/mol. The lowest BCUT2D eigenvalue weighted by molar-refractivity contribution is -0.132. The number of nitrogens with zero attached hydrogens (tertiary/aromatic N) is 1. The first-order valence-electron chi connectivity index (χ1n) is 6.05. The topological polar surface area (TPSA) is 70.0 Å². The van der Waals surface area contributed by atoms with E-state index < -0.39 is 0 Å². The number of aliphatic hydroxyl groups excluding tert-OH is 2. The van der Waals surface area contributed by atoms with E-state index in [0.717, 1.165) is 0 Å². The first-order valence-corrected chi connectivity index (χ1v) is 6.43. The highest BCUT2D eigenvalue weighted by Crippen LogP contribution is 2.17. The van der Waals surface area contributed by atoms with Crippen molar-refractivity contribution in [1.29, 1.82) is 0 Å². The van der Waals surface area contributed by atoms with E-state index in [9.17, 15) is 4.79 Å². The van der Waals surface area contributed by atoms with Gasteiger partial charge < -0.3 is 19.8 Å². The number of hydrogen-bond acceptors (Lipinski definition) is 4. The van der Waals surface area contributed by atoms with Gasteiger partial charge in [0.2, 0.25) is 5.91 Å². The number of ether oxygens (including phenoxy) is 1. The van der Waals surface area contributed by atoms with Crippen molar-refractivity contribution in [1.82, 2.24) is 4.90 Å². The Morgan fingerprint density at radius 2 is 1.95 bits per heavy atom. The monoisotopic (exact) mass is 287 g/mol. The molecule has 0 fully saturated rings. The maximum absolute atomic E-state index is 11.8. The molecule has 19 heavy (non-hydrogen) atoms. The average Bonchev–Trinajstić information content (AvgIpc) is 2.38. The summed E-state index contributed by atoms with van der Waals surface area (Å²) in [6.07, 6.45) is 0.187. The van der Waals surface area contributed by atoms with Gasteiger partial charge in [0.25, 0.3) is 0 Å². The van der Waals surface area contributed by atoms with Crippen molar-refractivity contribution in [3.63, 3.8) is 0 Å². The molecule has 106 valence electrons. The van der Waals surface area contributed by atoms with Crippen molar-refractivity contribution in [3.05, 3.63) is 29.3 Å². The van der Waals surface area contributed by atoms with Gasteiger partial charge in [-0.3, -0.25) is 4.79 Å². The minimum absolute atomic E-state index is 0.124. The fraction of sp³-hybridized carbons (Fsp3) is 0.462. The molecule has 0 atom stereocenters. The lowest BCUT2D eigenvalue weighted by Gasteiger charge is -2.20. The Balaban J connectivity index is 2.36. The van der Waals surface area contributed by atoms with Gasteiger partial charge in [-0.1, -0.05) is 17.7 Å². The van der Waals surface area contributed by atoms with Crippen LogP contribution in [0.3, 0.4) is 0 Å². The summed E-state index contributed by atoms with van der Waals surface area (Å²) >= 11 is 5.81. The number of amides is 1. The van der Waals surface area contributed by atoms with Crippen LogP contribution in [-0.2, 0) is 4.79 Å². The summed E-state index contributed by atoms with van der Waals surface area (Å²) in [4.78, 5) is 13.2. The highest BCUT2D eigenvalue weighted by molar-refractivity contribution is 6.30. The van der Waals surface area contributed by atoms with E-state index >= 15 is 0 Å². The smallest absolute Gasteiger partial charge is 0.226 e. The van der Waals surface area contributed by atoms with Crippen LogP contribution in [0.4, 0.5) is 0 Å². The fourth-order valence-electron chi connectivity index (χ4n) is 1.57. The van der Waals surface area contributed by atoms with Gasteiger partial charge in [-0.05, 0) is 18.2 Å². The number of carbonyl (C=O) groups is 1. The van der Waals surface area contributed by atoms with Crippen molar-refractivity contribution < 1.29 is 19.7 Å². The molecule has 0 bridgehead atoms. The molecule has 1 rings (SSSR count). The second-order valence-corrected chi connectivity index (χ2v) is 4.32. The van der Waals surface area contributed by atoms with Gasteiger partial charge in [0, 0.05) is 18.1 Å². The van der Waals surface area contributed by atoms with Gasteiger partial charge in [0.05, 0.1) is 26.2 Å². The van der Waals surface area contributed by atoms with E-state index in [-0.39, 0.29) is 45.2 Å². The molecule has 5 nitrogen and oxygen atoms in total. The predicted octanol–water partition coefficient (Wildman–Crippen LogP) is 0.922. The number of halogens is 1. The zero-order chi connectivity index (χ0) is 14.1. The second kappa shape index (κ2) is 8.74. The normalized spacial score (nSPS) is 10.3. The fourth-order valence-corrected chi connectivity index (χ4v) is 1.75. The Hall–Kier alpha value is -1.30. The van der Waals surface area contributed by atoms with Crippen molar-refractivity contribution in [2.75, 3.05) is 32.9 Å². The molecule has 0 aliphatic carbocycles. The van der Waals surface area contributed by atoms with Crippen LogP contribution in [0.25, 0.3) is 0 Å². The van der Waals surface area contributed by atoms with E-state index in [0.29, 0.717) is 10.8 Å². The number of hydrogen-bond donors (Lipinski definition) is 2. The first kappa shape index (κ1) is 15.8. The molecule has 0 heterocycles. The summed E-state index contributed by atoms with van der Waals surface area (Å²) in [5.74, 6) is 0.446. The van der Waals surface area contributed by atoms with Crippen LogP contribution in [0.1, 0.15) is 6.42 Å². The van der Waals surface area contributed by atoms with E-state index in [1.165, 1.54) is 4.90 Å². The molecule has 2 N–H and O–H groups in total. The largest absolute Gasteiger partial charge is 0.493 e. The molecule has 1 aromatic rings. The maximum Gasteiger partial charge on any atom is 0.226 e. The van der Waals surface area contributed by atoms with Gasteiger partial charge in [-0.2, -0.15) is 0 Å². The minimum Gasteiger partial charge on any atom is -0.493 e. The lowest BCUT2D eigenvalue weighted by atomic mass is 10.3. The van der Waals surface area contributed by atoms with E-state index in [4.69, 9.17) is 26.6 Å². The highest BCUT2D eigenvalue weighted by Gasteiger charge is 2.12. The Labute approximate surface area is 117 Å². The Morgan fingerprint density at radius 3 is 2.53 bits per heavy atom. The highest BCUT2D eigenvalue weighted by atomic mass is 35.5. The summed E-state index contributed by atoms with van der Waals surface area (Å²) in [5, 5.41) is 18.2. The van der Waals surface area contributed by atoms with Gasteiger partial charge in [0.1, 0.15) is 5.75 Å². The summed E-state index contributed by atoms with van der Waals surface area (Å²) < 4.78 is 5.41. The number of rotatable bonds is 8. The number of aliphatic hydroxyl groups is 2. The van der Waals surface area contributed by atoms with E-state index in [1.54, 1.807) is 24.3 Å². The maximum atomic E-state index is 11.8. The minimum atomic E-state index is -0.162. The second-order valence-electron chi connectivity index (χ2n) is 3.88. The third-order valence-corrected chi connectivity index (χ3v) is 2.71. The summed E-state index contributed by atoms with van der Waals surface area (Å²) in [5.41, 5.74) is 0. The van der Waals surface area contributed by atoms with Gasteiger partial charge in [-0.25, -0.2) is 0 Å². The molecule has 1 aromatic carbocycles. The molecular formula is C13H18ClNO4. The van der Waals surface area contributed by atoms with Crippen molar-refractivity contribution in [2.45, 2.75) is 6.42 Å². The zero-order valence-electron chi connectivity index (χ0n) is 10.6. The SMILES string of the molecule is O=C(CCOc1cccc(Cl)c1)N(CCO)CCO. The zero-order valence-corrected chi connectivity index (χ0v) is 11.3. The molecule has 0 aromatic heterocycles. The van der Waals surface area contributed by atoms with Crippen LogP contribution in [-0.4, -0.2) is 53.9 Å². The standard InChI is InChI=1S/C13H18ClNO4/c14-11-2-1-3-12(10-11)19-9-4-13(18)15(5-7-16)6-8-17/h1-3,10,16-17H,4-9H2. The summed E-state index contributed by atoms with van der Waals surface area (Å²) in [7, 11) is 0. The lowest BCUT2D eigenvalue weighted by Crippen LogP contribution is -2.36. The Morgan fingerprint density at radius 1 is 1.26 bits per heavy atom. The van der Waals surface area contributed by atoms with Gasteiger partial charge >= 0.3 is 0 Å². The van der Waals surface area contributed by atoms with Crippen LogP contribution in [0, 0.1) is 0 Å². The van der Waals surface area contributed by atoms with Crippen molar-refractivity contribution in [3.8, 4) is 5.75 Å². The average molecular weight is 288 g/mol. The quantitative estimate of drug-likeness (QED) is 0.746. The Bertz CT molecular complexity index is 394. The van der Waals surface area contributed by atoms with Crippen molar-refractivity contribution in [2.24, 2.45) is 0 Å². The van der Waals surface area contributed by atoms with Gasteiger partial charge in [0.15, 0.2) is 0 Å². The molecular weight excluding hydrogens is 270 g/mol. The van der Waals surface area contributed by atoms with Gasteiger partial charge in [-0.15, -0.1) is 0 Å².